The summed E-state index contributed by atoms with van der Waals surface area (Å²) < 4.78 is 0. The average Bonchev–Trinajstić information content (AvgIpc) is 2.80. The van der Waals surface area contributed by atoms with Crippen molar-refractivity contribution in [2.45, 2.75) is 32.1 Å². The van der Waals surface area contributed by atoms with Gasteiger partial charge in [-0.25, -0.2) is 4.98 Å². The molecule has 0 bridgehead atoms. The number of nitrogens with two attached hydrogens (primary N) is 1. The zero-order valence-electron chi connectivity index (χ0n) is 10.3. The van der Waals surface area contributed by atoms with Crippen molar-refractivity contribution in [3.63, 3.8) is 0 Å². The summed E-state index contributed by atoms with van der Waals surface area (Å²) in [4.78, 5) is 15.7. The van der Waals surface area contributed by atoms with Crippen LogP contribution in [-0.4, -0.2) is 17.4 Å². The van der Waals surface area contributed by atoms with Crippen LogP contribution in [-0.2, 0) is 0 Å². The lowest BCUT2D eigenvalue weighted by Crippen LogP contribution is -2.25. The molecular weight excluding hydrogens is 250 g/mol. The second-order valence-electron chi connectivity index (χ2n) is 4.80. The number of carbonyl (C=O) groups excluding carboxylic acids is 1. The fraction of sp³-hybridized carbons (Fsp3) is 0.538. The molecule has 4 nitrogen and oxygen atoms in total. The molecule has 0 unspecified atom stereocenters. The Morgan fingerprint density at radius 1 is 1.44 bits per heavy atom. The van der Waals surface area contributed by atoms with Crippen LogP contribution in [0.5, 0.6) is 0 Å². The second kappa shape index (κ2) is 6.05. The van der Waals surface area contributed by atoms with Crippen molar-refractivity contribution in [1.82, 2.24) is 10.3 Å². The molecule has 98 valence electrons. The largest absolute Gasteiger partial charge is 0.384 e. The number of aromatic nitrogens is 1. The fourth-order valence-corrected chi connectivity index (χ4v) is 2.65. The van der Waals surface area contributed by atoms with Crippen LogP contribution >= 0.6 is 11.6 Å². The van der Waals surface area contributed by atoms with Crippen LogP contribution < -0.4 is 11.1 Å². The number of anilines is 1. The Morgan fingerprint density at radius 3 is 2.83 bits per heavy atom. The minimum Gasteiger partial charge on any atom is -0.384 e. The van der Waals surface area contributed by atoms with Crippen molar-refractivity contribution in [2.24, 2.45) is 5.92 Å². The molecule has 0 radical (unpaired) electrons. The molecule has 0 spiro atoms. The third kappa shape index (κ3) is 3.60. The van der Waals surface area contributed by atoms with Crippen LogP contribution in [0.25, 0.3) is 0 Å². The summed E-state index contributed by atoms with van der Waals surface area (Å²) in [6, 6.07) is 3.07. The summed E-state index contributed by atoms with van der Waals surface area (Å²) in [5.74, 6) is 0.906. The third-order valence-corrected chi connectivity index (χ3v) is 3.58. The van der Waals surface area contributed by atoms with E-state index in [1.807, 2.05) is 0 Å². The lowest BCUT2D eigenvalue weighted by molar-refractivity contribution is 0.0951. The molecule has 1 amide bonds. The number of hydrogen-bond donors (Lipinski definition) is 2. The van der Waals surface area contributed by atoms with Gasteiger partial charge in [-0.15, -0.1) is 0 Å². The standard InChI is InChI=1S/C13H18ClN3O/c14-11-7-10(8-12(15)17-11)13(18)16-6-5-9-3-1-2-4-9/h7-9H,1-6H2,(H2,15,17)(H,16,18). The first-order valence-electron chi connectivity index (χ1n) is 6.36. The van der Waals surface area contributed by atoms with E-state index >= 15 is 0 Å². The van der Waals surface area contributed by atoms with Gasteiger partial charge in [-0.3, -0.25) is 4.79 Å². The molecule has 1 aromatic rings. The van der Waals surface area contributed by atoms with E-state index in [0.717, 1.165) is 12.3 Å². The van der Waals surface area contributed by atoms with Crippen LogP contribution in [0.1, 0.15) is 42.5 Å². The Hall–Kier alpha value is -1.29. The smallest absolute Gasteiger partial charge is 0.251 e. The Labute approximate surface area is 112 Å². The molecule has 1 aromatic heterocycles. The first-order chi connectivity index (χ1) is 8.65. The highest BCUT2D eigenvalue weighted by atomic mass is 35.5. The number of nitrogens with zero attached hydrogens (tertiary/aromatic N) is 1. The molecular formula is C13H18ClN3O. The monoisotopic (exact) mass is 267 g/mol. The van der Waals surface area contributed by atoms with Crippen LogP contribution in [0.4, 0.5) is 5.82 Å². The number of carbonyl (C=O) groups is 1. The van der Waals surface area contributed by atoms with Crippen molar-refractivity contribution < 1.29 is 4.79 Å². The minimum absolute atomic E-state index is 0.135. The number of halogens is 1. The summed E-state index contributed by atoms with van der Waals surface area (Å²) in [5.41, 5.74) is 6.02. The molecule has 2 rings (SSSR count). The highest BCUT2D eigenvalue weighted by Crippen LogP contribution is 2.26. The maximum Gasteiger partial charge on any atom is 0.251 e. The highest BCUT2D eigenvalue weighted by Gasteiger charge is 2.15. The van der Waals surface area contributed by atoms with Gasteiger partial charge in [-0.1, -0.05) is 37.3 Å². The Kier molecular flexibility index (Phi) is 4.42. The Morgan fingerprint density at radius 2 is 2.17 bits per heavy atom. The van der Waals surface area contributed by atoms with E-state index < -0.39 is 0 Å². The zero-order valence-corrected chi connectivity index (χ0v) is 11.0. The van der Waals surface area contributed by atoms with E-state index in [1.165, 1.54) is 37.8 Å². The topological polar surface area (TPSA) is 68.0 Å². The average molecular weight is 268 g/mol. The van der Waals surface area contributed by atoms with Crippen molar-refractivity contribution in [3.8, 4) is 0 Å². The molecule has 0 saturated heterocycles. The van der Waals surface area contributed by atoms with Crippen molar-refractivity contribution in [3.05, 3.63) is 22.8 Å². The van der Waals surface area contributed by atoms with Gasteiger partial charge in [-0.2, -0.15) is 0 Å². The third-order valence-electron chi connectivity index (χ3n) is 3.39. The molecule has 0 atom stereocenters. The molecule has 5 heteroatoms. The molecule has 1 heterocycles. The first-order valence-corrected chi connectivity index (χ1v) is 6.74. The zero-order chi connectivity index (χ0) is 13.0. The van der Waals surface area contributed by atoms with Crippen LogP contribution in [0.15, 0.2) is 12.1 Å². The molecule has 1 fully saturated rings. The molecule has 3 N–H and O–H groups in total. The maximum absolute atomic E-state index is 11.9. The second-order valence-corrected chi connectivity index (χ2v) is 5.19. The van der Waals surface area contributed by atoms with Gasteiger partial charge in [0.1, 0.15) is 11.0 Å². The van der Waals surface area contributed by atoms with Gasteiger partial charge in [0.25, 0.3) is 5.91 Å². The number of amides is 1. The predicted molar refractivity (Wildman–Crippen MR) is 72.6 cm³/mol. The van der Waals surface area contributed by atoms with E-state index in [4.69, 9.17) is 17.3 Å². The summed E-state index contributed by atoms with van der Waals surface area (Å²) in [6.07, 6.45) is 6.30. The molecule has 0 aromatic carbocycles. The van der Waals surface area contributed by atoms with Crippen molar-refractivity contribution in [2.75, 3.05) is 12.3 Å². The predicted octanol–water partition coefficient (Wildman–Crippen LogP) is 2.63. The SMILES string of the molecule is Nc1cc(C(=O)NCCC2CCCC2)cc(Cl)n1. The highest BCUT2D eigenvalue weighted by molar-refractivity contribution is 6.29. The normalized spacial score (nSPS) is 15.8. The Bertz CT molecular complexity index is 410. The van der Waals surface area contributed by atoms with Crippen molar-refractivity contribution in [1.29, 1.82) is 0 Å². The number of hydrogen-bond acceptors (Lipinski definition) is 3. The van der Waals surface area contributed by atoms with E-state index in [-0.39, 0.29) is 16.9 Å². The lowest BCUT2D eigenvalue weighted by Gasteiger charge is -2.10. The van der Waals surface area contributed by atoms with Crippen LogP contribution in [0.2, 0.25) is 5.15 Å². The van der Waals surface area contributed by atoms with Gasteiger partial charge >= 0.3 is 0 Å². The summed E-state index contributed by atoms with van der Waals surface area (Å²) in [6.45, 7) is 0.712. The summed E-state index contributed by atoms with van der Waals surface area (Å²) in [7, 11) is 0. The molecule has 18 heavy (non-hydrogen) atoms. The first kappa shape index (κ1) is 13.1. The van der Waals surface area contributed by atoms with E-state index in [1.54, 1.807) is 0 Å². The van der Waals surface area contributed by atoms with E-state index in [2.05, 4.69) is 10.3 Å². The molecule has 1 aliphatic rings. The van der Waals surface area contributed by atoms with Gasteiger partial charge in [0, 0.05) is 12.1 Å². The van der Waals surface area contributed by atoms with E-state index in [0.29, 0.717) is 12.1 Å². The number of pyridine rings is 1. The van der Waals surface area contributed by atoms with Gasteiger partial charge in [-0.05, 0) is 24.5 Å². The van der Waals surface area contributed by atoms with Gasteiger partial charge in [0.15, 0.2) is 0 Å². The van der Waals surface area contributed by atoms with Crippen molar-refractivity contribution >= 4 is 23.3 Å². The summed E-state index contributed by atoms with van der Waals surface area (Å²) >= 11 is 5.76. The molecule has 1 aliphatic carbocycles. The number of nitrogen functional groups attached to an aromatic ring is 1. The maximum atomic E-state index is 11.9. The molecule has 1 saturated carbocycles. The molecule has 0 aliphatic heterocycles. The summed E-state index contributed by atoms with van der Waals surface area (Å²) in [5, 5.41) is 3.15. The number of rotatable bonds is 4. The van der Waals surface area contributed by atoms with Gasteiger partial charge in [0.05, 0.1) is 0 Å². The Balaban J connectivity index is 1.83. The van der Waals surface area contributed by atoms with E-state index in [9.17, 15) is 4.79 Å². The lowest BCUT2D eigenvalue weighted by atomic mass is 10.0. The quantitative estimate of drug-likeness (QED) is 0.824. The minimum atomic E-state index is -0.135. The van der Waals surface area contributed by atoms with Gasteiger partial charge < -0.3 is 11.1 Å². The van der Waals surface area contributed by atoms with Crippen LogP contribution in [0.3, 0.4) is 0 Å². The van der Waals surface area contributed by atoms with Crippen LogP contribution in [0, 0.1) is 5.92 Å². The van der Waals surface area contributed by atoms with Gasteiger partial charge in [0.2, 0.25) is 0 Å². The number of nitrogens with one attached hydrogen (secondary N) is 1. The fourth-order valence-electron chi connectivity index (χ4n) is 2.44.